The van der Waals surface area contributed by atoms with E-state index in [0.29, 0.717) is 127 Å². The fourth-order valence-corrected chi connectivity index (χ4v) is 10.2. The molecule has 4 aromatic heterocycles. The number of amides is 2. The first-order valence-electron chi connectivity index (χ1n) is 29.3. The van der Waals surface area contributed by atoms with E-state index >= 15 is 0 Å². The quantitative estimate of drug-likeness (QED) is 0.0360. The van der Waals surface area contributed by atoms with Gasteiger partial charge < -0.3 is 69.3 Å². The van der Waals surface area contributed by atoms with Gasteiger partial charge in [0.15, 0.2) is 16.9 Å². The summed E-state index contributed by atoms with van der Waals surface area (Å²) in [6, 6.07) is 18.9. The molecule has 1 saturated heterocycles. The number of ether oxygens (including phenoxy) is 7. The number of nitrogens with zero attached hydrogens (tertiary/aromatic N) is 11. The second-order valence-corrected chi connectivity index (χ2v) is 21.6. The van der Waals surface area contributed by atoms with Crippen molar-refractivity contribution in [3.8, 4) is 16.9 Å². The third kappa shape index (κ3) is 17.4. The number of methoxy groups -OCH3 is 1. The number of aliphatic carboxylic acids is 1. The molecule has 7 aromatic rings. The number of para-hydroxylation sites is 1. The number of benzene rings is 3. The molecule has 2 amide bonds. The van der Waals surface area contributed by atoms with E-state index in [9.17, 15) is 29.1 Å². The van der Waals surface area contributed by atoms with Crippen LogP contribution >= 0.6 is 0 Å². The first-order chi connectivity index (χ1) is 43.1. The van der Waals surface area contributed by atoms with Crippen molar-refractivity contribution >= 4 is 58.0 Å². The van der Waals surface area contributed by atoms with Crippen LogP contribution in [0.2, 0.25) is 0 Å². The Morgan fingerprint density at radius 3 is 2.15 bits per heavy atom. The van der Waals surface area contributed by atoms with Gasteiger partial charge >= 0.3 is 5.97 Å². The van der Waals surface area contributed by atoms with Crippen molar-refractivity contribution in [1.82, 2.24) is 55.1 Å². The Hall–Kier alpha value is -9.06. The topological polar surface area (TPSA) is 341 Å². The van der Waals surface area contributed by atoms with Crippen LogP contribution in [-0.2, 0) is 64.1 Å². The smallest absolute Gasteiger partial charge is 0.326 e. The summed E-state index contributed by atoms with van der Waals surface area (Å²) in [6.07, 6.45) is 7.16. The molecule has 28 heteroatoms. The molecule has 0 spiro atoms. The van der Waals surface area contributed by atoms with Gasteiger partial charge in [0, 0.05) is 84.4 Å². The van der Waals surface area contributed by atoms with Gasteiger partial charge in [-0.05, 0) is 81.6 Å². The molecule has 6 heterocycles. The molecule has 2 aliphatic rings. The summed E-state index contributed by atoms with van der Waals surface area (Å²) < 4.78 is 40.9. The maximum absolute atomic E-state index is 13.5. The van der Waals surface area contributed by atoms with Crippen molar-refractivity contribution in [2.45, 2.75) is 70.9 Å². The van der Waals surface area contributed by atoms with Crippen molar-refractivity contribution in [1.29, 1.82) is 0 Å². The highest BCUT2D eigenvalue weighted by atomic mass is 16.6. The number of carboxylic acids is 1. The molecule has 2 atom stereocenters. The predicted molar refractivity (Wildman–Crippen MR) is 327 cm³/mol. The monoisotopic (exact) mass is 1230 g/mol. The second kappa shape index (κ2) is 31.2. The highest BCUT2D eigenvalue weighted by Gasteiger charge is 2.44. The highest BCUT2D eigenvalue weighted by Crippen LogP contribution is 2.42. The van der Waals surface area contributed by atoms with Gasteiger partial charge in [-0.3, -0.25) is 24.2 Å². The highest BCUT2D eigenvalue weighted by molar-refractivity contribution is 6.14. The third-order valence-corrected chi connectivity index (χ3v) is 15.0. The van der Waals surface area contributed by atoms with Gasteiger partial charge in [0.2, 0.25) is 17.8 Å². The number of carbonyl (C=O) groups is 4. The molecular weight excluding hydrogens is 1150 g/mol. The van der Waals surface area contributed by atoms with E-state index in [-0.39, 0.29) is 73.0 Å². The summed E-state index contributed by atoms with van der Waals surface area (Å²) >= 11 is 0. The van der Waals surface area contributed by atoms with Crippen LogP contribution in [0.1, 0.15) is 64.9 Å². The molecule has 89 heavy (non-hydrogen) atoms. The average Bonchev–Trinajstić information content (AvgIpc) is 1.65. The van der Waals surface area contributed by atoms with Crippen molar-refractivity contribution in [3.63, 3.8) is 0 Å². The van der Waals surface area contributed by atoms with Crippen LogP contribution in [0.4, 0.5) is 23.3 Å². The van der Waals surface area contributed by atoms with Gasteiger partial charge in [0.25, 0.3) is 11.5 Å². The molecule has 0 unspecified atom stereocenters. The number of H-pyrrole nitrogens is 1. The number of carbonyl (C=O) groups excluding carboxylic acids is 3. The van der Waals surface area contributed by atoms with Gasteiger partial charge in [0.1, 0.15) is 18.4 Å². The molecular formula is C61H75N15O13. The maximum Gasteiger partial charge on any atom is 0.326 e. The molecule has 0 aliphatic carbocycles. The number of hydrogen-bond acceptors (Lipinski definition) is 23. The van der Waals surface area contributed by atoms with Crippen LogP contribution in [0, 0.1) is 0 Å². The molecule has 2 aliphatic heterocycles. The number of rotatable bonds is 34. The fourth-order valence-electron chi connectivity index (χ4n) is 10.2. The fraction of sp³-hybridized carbons (Fsp3) is 0.443. The second-order valence-electron chi connectivity index (χ2n) is 21.6. The lowest BCUT2D eigenvalue weighted by Crippen LogP contribution is -2.55. The number of nitrogen functional groups attached to an aromatic ring is 1. The summed E-state index contributed by atoms with van der Waals surface area (Å²) in [5.74, 6) is -0.434. The van der Waals surface area contributed by atoms with Gasteiger partial charge in [-0.2, -0.15) is 4.98 Å². The standard InChI is InChI=1S/C61H75N15O13/c1-40-36-73(60-65-32-44(33-66-60)42-11-15-48-50(31-42)76(61(2,3)54(48)78)37-43-7-5-6-8-51(43)83-4)17-18-75(40)52(77)39-89-30-29-88-28-27-87-26-25-86-24-23-85-22-21-84-20-19-74-38-46(71-72-74)14-16-49(58(81)82)68-56(79)41-9-12-45(13-10-41)63-34-47-35-64-55-53(67-47)57(80)70-59(62)69-55/h5-13,15,31-33,35,38,40,49,63H,14,16-30,34,36-37,39H2,1-4H3,(H,68,79)(H,81,82)(H3,62,64,69,70,80)/t40-,49+/m1/s1. The zero-order chi connectivity index (χ0) is 62.7. The van der Waals surface area contributed by atoms with Gasteiger partial charge in [-0.15, -0.1) is 5.10 Å². The van der Waals surface area contributed by atoms with Crippen LogP contribution in [-0.4, -0.2) is 202 Å². The Morgan fingerprint density at radius 1 is 0.798 bits per heavy atom. The summed E-state index contributed by atoms with van der Waals surface area (Å²) in [7, 11) is 1.65. The molecule has 0 bridgehead atoms. The number of Topliss-reactive ketones (excluding diaryl/α,β-unsaturated/α-hetero) is 1. The molecule has 9 rings (SSSR count). The number of nitrogens with one attached hydrogen (secondary N) is 3. The Morgan fingerprint density at radius 2 is 1.47 bits per heavy atom. The van der Waals surface area contributed by atoms with Crippen molar-refractivity contribution in [2.75, 3.05) is 127 Å². The zero-order valence-corrected chi connectivity index (χ0v) is 50.3. The van der Waals surface area contributed by atoms with E-state index in [4.69, 9.17) is 48.9 Å². The van der Waals surface area contributed by atoms with Crippen LogP contribution < -0.4 is 36.5 Å². The minimum atomic E-state index is -1.18. The lowest BCUT2D eigenvalue weighted by molar-refractivity contribution is -0.140. The molecule has 6 N–H and O–H groups in total. The number of carboxylic acid groups (broad SMARTS) is 1. The first kappa shape index (κ1) is 64.4. The number of aromatic nitrogens is 9. The molecule has 0 radical (unpaired) electrons. The lowest BCUT2D eigenvalue weighted by atomic mass is 9.96. The zero-order valence-electron chi connectivity index (χ0n) is 50.3. The normalized spacial score (nSPS) is 14.9. The van der Waals surface area contributed by atoms with E-state index in [2.05, 4.69) is 50.7 Å². The summed E-state index contributed by atoms with van der Waals surface area (Å²) in [5.41, 5.74) is 10.8. The van der Waals surface area contributed by atoms with Crippen LogP contribution in [0.3, 0.4) is 0 Å². The number of aromatic amines is 1. The van der Waals surface area contributed by atoms with Crippen LogP contribution in [0.5, 0.6) is 5.75 Å². The number of fused-ring (bicyclic) bond motifs is 2. The van der Waals surface area contributed by atoms with Crippen LogP contribution in [0.15, 0.2) is 96.3 Å². The maximum atomic E-state index is 13.5. The Balaban J connectivity index is 0.550. The predicted octanol–water partition coefficient (Wildman–Crippen LogP) is 3.60. The number of hydrogen-bond donors (Lipinski definition) is 5. The van der Waals surface area contributed by atoms with Crippen LogP contribution in [0.25, 0.3) is 22.3 Å². The van der Waals surface area contributed by atoms with Gasteiger partial charge in [-0.25, -0.2) is 29.4 Å². The van der Waals surface area contributed by atoms with E-state index in [1.807, 2.05) is 68.1 Å². The Labute approximate surface area is 513 Å². The molecule has 0 saturated carbocycles. The number of aryl methyl sites for hydroxylation is 1. The summed E-state index contributed by atoms with van der Waals surface area (Å²) in [4.78, 5) is 94.1. The molecule has 1 fully saturated rings. The SMILES string of the molecule is COc1ccccc1CN1c2cc(-c3cnc(N4CCN(C(=O)COCCOCCOCCOCCOCCOCCn5cc(CC[C@H](NC(=O)c6ccc(NCc7cnc8nc(N)[nH]c(=O)c8n7)cc6)C(=O)O)nn5)[C@H](C)C4)nc3)ccc2C(=O)C1(C)C. The first-order valence-corrected chi connectivity index (χ1v) is 29.3. The van der Waals surface area contributed by atoms with E-state index in [0.717, 1.165) is 28.1 Å². The average molecular weight is 1230 g/mol. The van der Waals surface area contributed by atoms with E-state index in [1.54, 1.807) is 54.6 Å². The van der Waals surface area contributed by atoms with Crippen molar-refractivity contribution in [3.05, 3.63) is 130 Å². The van der Waals surface area contributed by atoms with E-state index in [1.165, 1.54) is 6.20 Å². The van der Waals surface area contributed by atoms with Crippen molar-refractivity contribution < 1.29 is 57.4 Å². The van der Waals surface area contributed by atoms with Gasteiger partial charge in [0.05, 0.1) is 116 Å². The number of ketones is 1. The molecule has 472 valence electrons. The number of nitrogens with two attached hydrogens (primary N) is 1. The molecule has 3 aromatic carbocycles. The number of anilines is 4. The summed E-state index contributed by atoms with van der Waals surface area (Å²) in [6.45, 7) is 12.7. The lowest BCUT2D eigenvalue weighted by Gasteiger charge is -2.39. The molecule has 28 nitrogen and oxygen atoms in total. The Kier molecular flexibility index (Phi) is 22.6. The largest absolute Gasteiger partial charge is 0.496 e. The van der Waals surface area contributed by atoms with E-state index < -0.39 is 29.0 Å². The minimum Gasteiger partial charge on any atom is -0.496 e. The third-order valence-electron chi connectivity index (χ3n) is 15.0. The summed E-state index contributed by atoms with van der Waals surface area (Å²) in [5, 5.41) is 23.8. The number of piperazine rings is 1. The minimum absolute atomic E-state index is 0.0425. The Bertz CT molecular complexity index is 3570. The van der Waals surface area contributed by atoms with Crippen molar-refractivity contribution in [2.24, 2.45) is 0 Å². The van der Waals surface area contributed by atoms with Gasteiger partial charge in [-0.1, -0.05) is 29.5 Å².